The number of hydrogen-bond donors (Lipinski definition) is 1. The quantitative estimate of drug-likeness (QED) is 0.900. The summed E-state index contributed by atoms with van der Waals surface area (Å²) in [5, 5.41) is 2.49. The zero-order valence-corrected chi connectivity index (χ0v) is 9.72. The van der Waals surface area contributed by atoms with Crippen molar-refractivity contribution in [3.63, 3.8) is 0 Å². The number of alkyl halides is 3. The Bertz CT molecular complexity index is 615. The number of aromatic nitrogens is 2. The molecule has 1 heterocycles. The number of hydrogen-bond acceptors (Lipinski definition) is 1. The highest BCUT2D eigenvalue weighted by Gasteiger charge is 2.33. The first kappa shape index (κ1) is 12.8. The summed E-state index contributed by atoms with van der Waals surface area (Å²) >= 11 is 5.75. The molecule has 0 aliphatic carbocycles. The zero-order chi connectivity index (χ0) is 13.3. The van der Waals surface area contributed by atoms with Crippen LogP contribution in [0.25, 0.3) is 0 Å². The first-order chi connectivity index (χ1) is 8.36. The average Bonchev–Trinajstić information content (AvgIpc) is 2.60. The van der Waals surface area contributed by atoms with Gasteiger partial charge in [0.25, 0.3) is 5.56 Å². The van der Waals surface area contributed by atoms with Gasteiger partial charge in [-0.15, -0.1) is 0 Å². The van der Waals surface area contributed by atoms with Crippen LogP contribution < -0.4 is 5.56 Å². The Morgan fingerprint density at radius 1 is 1.28 bits per heavy atom. The smallest absolute Gasteiger partial charge is 0.291 e. The second kappa shape index (κ2) is 4.53. The van der Waals surface area contributed by atoms with Crippen molar-refractivity contribution in [3.8, 4) is 0 Å². The maximum Gasteiger partial charge on any atom is 0.432 e. The Balaban J connectivity index is 2.30. The summed E-state index contributed by atoms with van der Waals surface area (Å²) < 4.78 is 38.0. The number of H-pyrrole nitrogens is 1. The molecule has 1 aromatic carbocycles. The Morgan fingerprint density at radius 2 is 2.00 bits per heavy atom. The van der Waals surface area contributed by atoms with Crippen molar-refractivity contribution in [3.05, 3.63) is 57.0 Å². The third kappa shape index (κ3) is 2.76. The van der Waals surface area contributed by atoms with E-state index in [0.717, 1.165) is 4.68 Å². The van der Waals surface area contributed by atoms with Crippen molar-refractivity contribution in [1.29, 1.82) is 0 Å². The number of benzene rings is 1. The molecule has 18 heavy (non-hydrogen) atoms. The van der Waals surface area contributed by atoms with Crippen molar-refractivity contribution in [1.82, 2.24) is 9.78 Å². The average molecular weight is 277 g/mol. The summed E-state index contributed by atoms with van der Waals surface area (Å²) in [6.45, 7) is 0.00940. The maximum atomic E-state index is 12.4. The fraction of sp³-hybridized carbons (Fsp3) is 0.182. The summed E-state index contributed by atoms with van der Waals surface area (Å²) in [6, 6.07) is 7.10. The van der Waals surface area contributed by atoms with Gasteiger partial charge in [0.2, 0.25) is 0 Å². The molecule has 0 unspecified atom stereocenters. The van der Waals surface area contributed by atoms with Gasteiger partial charge in [0, 0.05) is 11.1 Å². The largest absolute Gasteiger partial charge is 0.432 e. The van der Waals surface area contributed by atoms with E-state index in [4.69, 9.17) is 11.6 Å². The molecule has 1 aromatic heterocycles. The molecule has 0 amide bonds. The molecule has 0 fully saturated rings. The molecule has 0 atom stereocenters. The van der Waals surface area contributed by atoms with Crippen LogP contribution >= 0.6 is 11.6 Å². The minimum atomic E-state index is -4.56. The van der Waals surface area contributed by atoms with Crippen LogP contribution in [0, 0.1) is 0 Å². The Morgan fingerprint density at radius 3 is 2.56 bits per heavy atom. The summed E-state index contributed by atoms with van der Waals surface area (Å²) in [5.74, 6) is 0. The van der Waals surface area contributed by atoms with Crippen LogP contribution in [-0.2, 0) is 12.7 Å². The summed E-state index contributed by atoms with van der Waals surface area (Å²) in [4.78, 5) is 11.4. The standard InChI is InChI=1S/C11H8ClF3N2O/c12-8-3-1-2-7(4-8)6-17-10(18)5-9(16-17)11(13,14)15/h1-5,16H,6H2. The SMILES string of the molecule is O=c1cc(C(F)(F)F)[nH]n1Cc1cccc(Cl)c1. The van der Waals surface area contributed by atoms with Crippen molar-refractivity contribution in [2.45, 2.75) is 12.7 Å². The monoisotopic (exact) mass is 276 g/mol. The van der Waals surface area contributed by atoms with E-state index in [0.29, 0.717) is 16.7 Å². The molecule has 0 aliphatic rings. The van der Waals surface area contributed by atoms with Gasteiger partial charge in [-0.2, -0.15) is 13.2 Å². The van der Waals surface area contributed by atoms with Gasteiger partial charge in [-0.1, -0.05) is 23.7 Å². The first-order valence-corrected chi connectivity index (χ1v) is 5.35. The van der Waals surface area contributed by atoms with Crippen LogP contribution in [0.5, 0.6) is 0 Å². The number of aromatic amines is 1. The van der Waals surface area contributed by atoms with E-state index in [1.54, 1.807) is 24.3 Å². The number of nitrogens with one attached hydrogen (secondary N) is 1. The summed E-state index contributed by atoms with van der Waals surface area (Å²) in [6.07, 6.45) is -4.56. The zero-order valence-electron chi connectivity index (χ0n) is 8.96. The second-order valence-electron chi connectivity index (χ2n) is 3.72. The van der Waals surface area contributed by atoms with E-state index in [9.17, 15) is 18.0 Å². The molecule has 0 radical (unpaired) electrons. The minimum Gasteiger partial charge on any atom is -0.291 e. The highest BCUT2D eigenvalue weighted by atomic mass is 35.5. The van der Waals surface area contributed by atoms with E-state index in [2.05, 4.69) is 0 Å². The number of halogens is 4. The molecule has 0 bridgehead atoms. The first-order valence-electron chi connectivity index (χ1n) is 4.98. The van der Waals surface area contributed by atoms with E-state index < -0.39 is 17.4 Å². The fourth-order valence-electron chi connectivity index (χ4n) is 1.51. The van der Waals surface area contributed by atoms with Gasteiger partial charge in [-0.05, 0) is 17.7 Å². The number of nitrogens with zero attached hydrogens (tertiary/aromatic N) is 1. The summed E-state index contributed by atoms with van der Waals surface area (Å²) in [5.41, 5.74) is -1.16. The lowest BCUT2D eigenvalue weighted by Gasteiger charge is -2.04. The minimum absolute atomic E-state index is 0.00940. The van der Waals surface area contributed by atoms with Gasteiger partial charge in [0.15, 0.2) is 0 Å². The third-order valence-electron chi connectivity index (χ3n) is 2.32. The van der Waals surface area contributed by atoms with Crippen molar-refractivity contribution in [2.75, 3.05) is 0 Å². The predicted octanol–water partition coefficient (Wildman–Crippen LogP) is 2.90. The molecule has 2 aromatic rings. The molecule has 0 spiro atoms. The highest BCUT2D eigenvalue weighted by Crippen LogP contribution is 2.26. The molecule has 7 heteroatoms. The lowest BCUT2D eigenvalue weighted by molar-refractivity contribution is -0.141. The Kier molecular flexibility index (Phi) is 3.21. The van der Waals surface area contributed by atoms with Crippen molar-refractivity contribution < 1.29 is 13.2 Å². The van der Waals surface area contributed by atoms with Gasteiger partial charge < -0.3 is 0 Å². The van der Waals surface area contributed by atoms with Gasteiger partial charge in [0.1, 0.15) is 5.69 Å². The predicted molar refractivity (Wildman–Crippen MR) is 60.6 cm³/mol. The van der Waals surface area contributed by atoms with Crippen LogP contribution in [0.2, 0.25) is 5.02 Å². The Hall–Kier alpha value is -1.69. The molecular formula is C11H8ClF3N2O. The van der Waals surface area contributed by atoms with E-state index in [1.807, 2.05) is 5.10 Å². The van der Waals surface area contributed by atoms with Gasteiger partial charge >= 0.3 is 6.18 Å². The van der Waals surface area contributed by atoms with Crippen LogP contribution in [-0.4, -0.2) is 9.78 Å². The van der Waals surface area contributed by atoms with Gasteiger partial charge in [-0.3, -0.25) is 9.89 Å². The van der Waals surface area contributed by atoms with E-state index in [1.165, 1.54) is 0 Å². The van der Waals surface area contributed by atoms with Crippen LogP contribution in [0.1, 0.15) is 11.3 Å². The summed E-state index contributed by atoms with van der Waals surface area (Å²) in [7, 11) is 0. The number of rotatable bonds is 2. The van der Waals surface area contributed by atoms with Crippen molar-refractivity contribution >= 4 is 11.6 Å². The highest BCUT2D eigenvalue weighted by molar-refractivity contribution is 6.30. The molecular weight excluding hydrogens is 269 g/mol. The third-order valence-corrected chi connectivity index (χ3v) is 2.56. The molecule has 1 N–H and O–H groups in total. The van der Waals surface area contributed by atoms with Crippen molar-refractivity contribution in [2.24, 2.45) is 0 Å². The second-order valence-corrected chi connectivity index (χ2v) is 4.16. The van der Waals surface area contributed by atoms with Crippen LogP contribution in [0.4, 0.5) is 13.2 Å². The van der Waals surface area contributed by atoms with E-state index in [-0.39, 0.29) is 6.54 Å². The molecule has 0 saturated carbocycles. The molecule has 2 rings (SSSR count). The molecule has 3 nitrogen and oxygen atoms in total. The normalized spacial score (nSPS) is 11.8. The fourth-order valence-corrected chi connectivity index (χ4v) is 1.73. The molecule has 0 aliphatic heterocycles. The maximum absolute atomic E-state index is 12.4. The van der Waals surface area contributed by atoms with Crippen LogP contribution in [0.3, 0.4) is 0 Å². The van der Waals surface area contributed by atoms with Gasteiger partial charge in [-0.25, -0.2) is 4.68 Å². The van der Waals surface area contributed by atoms with E-state index >= 15 is 0 Å². The van der Waals surface area contributed by atoms with Crippen LogP contribution in [0.15, 0.2) is 35.1 Å². The lowest BCUT2D eigenvalue weighted by atomic mass is 10.2. The van der Waals surface area contributed by atoms with Gasteiger partial charge in [0.05, 0.1) is 6.54 Å². The molecule has 0 saturated heterocycles. The lowest BCUT2D eigenvalue weighted by Crippen LogP contribution is -2.16. The Labute approximate surface area is 105 Å². The molecule has 96 valence electrons. The topological polar surface area (TPSA) is 37.8 Å².